The van der Waals surface area contributed by atoms with E-state index in [0.717, 1.165) is 22.3 Å². The number of hydrogen-bond donors (Lipinski definition) is 3. The molecule has 0 saturated carbocycles. The summed E-state index contributed by atoms with van der Waals surface area (Å²) in [5.74, 6) is -1.77. The Morgan fingerprint density at radius 1 is 0.971 bits per heavy atom. The van der Waals surface area contributed by atoms with Crippen molar-refractivity contribution in [2.45, 2.75) is 45.2 Å². The summed E-state index contributed by atoms with van der Waals surface area (Å²) in [6.45, 7) is 6.03. The number of nitrogens with one attached hydrogen (secondary N) is 2. The third-order valence-corrected chi connectivity index (χ3v) is 6.21. The molecule has 0 saturated heterocycles. The van der Waals surface area contributed by atoms with E-state index >= 15 is 0 Å². The summed E-state index contributed by atoms with van der Waals surface area (Å²) in [6.07, 6.45) is -0.474. The Balaban J connectivity index is 1.67. The van der Waals surface area contributed by atoms with Crippen molar-refractivity contribution in [3.05, 3.63) is 59.7 Å². The SMILES string of the molecule is CN(C)CCC(NC(=O)[C@H](NC(=O)OCC1c2ccccc2-c2ccccc21)C(C)(C)C)C(=O)O. The first-order chi connectivity index (χ1) is 16.5. The number of carbonyl (C=O) groups excluding carboxylic acids is 2. The van der Waals surface area contributed by atoms with E-state index in [1.54, 1.807) is 20.8 Å². The molecule has 35 heavy (non-hydrogen) atoms. The van der Waals surface area contributed by atoms with Crippen LogP contribution in [0.4, 0.5) is 4.79 Å². The zero-order chi connectivity index (χ0) is 25.8. The molecule has 188 valence electrons. The van der Waals surface area contributed by atoms with Gasteiger partial charge in [0.2, 0.25) is 5.91 Å². The zero-order valence-corrected chi connectivity index (χ0v) is 21.0. The van der Waals surface area contributed by atoms with Gasteiger partial charge >= 0.3 is 12.1 Å². The van der Waals surface area contributed by atoms with Gasteiger partial charge in [-0.3, -0.25) is 4.79 Å². The monoisotopic (exact) mass is 481 g/mol. The summed E-state index contributed by atoms with van der Waals surface area (Å²) < 4.78 is 5.59. The highest BCUT2D eigenvalue weighted by Crippen LogP contribution is 2.44. The second kappa shape index (κ2) is 10.9. The van der Waals surface area contributed by atoms with Crippen LogP contribution in [0.25, 0.3) is 11.1 Å². The summed E-state index contributed by atoms with van der Waals surface area (Å²) in [5.41, 5.74) is 3.77. The maximum absolute atomic E-state index is 13.0. The van der Waals surface area contributed by atoms with Crippen LogP contribution in [0.5, 0.6) is 0 Å². The van der Waals surface area contributed by atoms with Gasteiger partial charge in [-0.25, -0.2) is 9.59 Å². The number of benzene rings is 2. The Hall–Kier alpha value is -3.39. The minimum absolute atomic E-state index is 0.0995. The summed E-state index contributed by atoms with van der Waals surface area (Å²) >= 11 is 0. The number of carboxylic acid groups (broad SMARTS) is 1. The fourth-order valence-electron chi connectivity index (χ4n) is 4.33. The van der Waals surface area contributed by atoms with Gasteiger partial charge in [0.15, 0.2) is 0 Å². The van der Waals surface area contributed by atoms with Gasteiger partial charge in [-0.2, -0.15) is 0 Å². The number of hydrogen-bond acceptors (Lipinski definition) is 5. The van der Waals surface area contributed by atoms with E-state index in [2.05, 4.69) is 22.8 Å². The summed E-state index contributed by atoms with van der Waals surface area (Å²) in [6, 6.07) is 14.1. The predicted molar refractivity (Wildman–Crippen MR) is 134 cm³/mol. The molecule has 0 radical (unpaired) electrons. The van der Waals surface area contributed by atoms with Crippen LogP contribution in [0.3, 0.4) is 0 Å². The lowest BCUT2D eigenvalue weighted by atomic mass is 9.86. The number of fused-ring (bicyclic) bond motifs is 3. The minimum atomic E-state index is -1.12. The molecule has 0 fully saturated rings. The van der Waals surface area contributed by atoms with Crippen molar-refractivity contribution < 1.29 is 24.2 Å². The first-order valence-corrected chi connectivity index (χ1v) is 11.8. The molecule has 2 aromatic rings. The number of ether oxygens (including phenoxy) is 1. The van der Waals surface area contributed by atoms with Crippen LogP contribution in [-0.4, -0.2) is 67.3 Å². The fourth-order valence-corrected chi connectivity index (χ4v) is 4.33. The van der Waals surface area contributed by atoms with Crippen LogP contribution in [0, 0.1) is 5.41 Å². The van der Waals surface area contributed by atoms with Crippen LogP contribution in [0.15, 0.2) is 48.5 Å². The number of carbonyl (C=O) groups is 3. The van der Waals surface area contributed by atoms with Gasteiger partial charge in [0.25, 0.3) is 0 Å². The molecule has 0 spiro atoms. The molecular weight excluding hydrogens is 446 g/mol. The van der Waals surface area contributed by atoms with Crippen molar-refractivity contribution >= 4 is 18.0 Å². The van der Waals surface area contributed by atoms with E-state index in [4.69, 9.17) is 4.74 Å². The summed E-state index contributed by atoms with van der Waals surface area (Å²) in [7, 11) is 3.66. The molecule has 3 rings (SSSR count). The first-order valence-electron chi connectivity index (χ1n) is 11.8. The van der Waals surface area contributed by atoms with Gasteiger partial charge in [-0.05, 0) is 48.2 Å². The normalized spacial score (nSPS) is 14.6. The predicted octanol–water partition coefficient (Wildman–Crippen LogP) is 3.46. The van der Waals surface area contributed by atoms with Crippen molar-refractivity contribution in [3.8, 4) is 11.1 Å². The number of rotatable bonds is 9. The molecule has 1 aliphatic rings. The highest BCUT2D eigenvalue weighted by atomic mass is 16.5. The Bertz CT molecular complexity index is 1030. The topological polar surface area (TPSA) is 108 Å². The van der Waals surface area contributed by atoms with Crippen LogP contribution in [0.2, 0.25) is 0 Å². The average Bonchev–Trinajstić information content (AvgIpc) is 3.11. The molecule has 2 aromatic carbocycles. The Morgan fingerprint density at radius 2 is 1.51 bits per heavy atom. The Morgan fingerprint density at radius 3 is 2.00 bits per heavy atom. The van der Waals surface area contributed by atoms with Gasteiger partial charge in [0.1, 0.15) is 18.7 Å². The van der Waals surface area contributed by atoms with Gasteiger partial charge in [-0.1, -0.05) is 69.3 Å². The standard InChI is InChI=1S/C27H35N3O5/c1-27(2,3)23(24(31)28-22(25(32)33)14-15-30(4)5)29-26(34)35-16-21-19-12-8-6-10-17(19)18-11-7-9-13-20(18)21/h6-13,21-23H,14-16H2,1-5H3,(H,28,31)(H,29,34)(H,32,33)/t22?,23-/m0/s1. The number of nitrogens with zero attached hydrogens (tertiary/aromatic N) is 1. The molecule has 2 atom stereocenters. The zero-order valence-electron chi connectivity index (χ0n) is 21.0. The lowest BCUT2D eigenvalue weighted by molar-refractivity contribution is -0.142. The second-order valence-electron chi connectivity index (χ2n) is 10.3. The van der Waals surface area contributed by atoms with Crippen LogP contribution < -0.4 is 10.6 Å². The fraction of sp³-hybridized carbons (Fsp3) is 0.444. The van der Waals surface area contributed by atoms with Gasteiger partial charge in [0.05, 0.1) is 0 Å². The van der Waals surface area contributed by atoms with Crippen molar-refractivity contribution in [1.29, 1.82) is 0 Å². The quantitative estimate of drug-likeness (QED) is 0.506. The molecule has 1 aliphatic carbocycles. The number of alkyl carbamates (subject to hydrolysis) is 1. The summed E-state index contributed by atoms with van der Waals surface area (Å²) in [5, 5.41) is 14.8. The van der Waals surface area contributed by atoms with E-state index < -0.39 is 35.5 Å². The Kier molecular flexibility index (Phi) is 8.17. The van der Waals surface area contributed by atoms with Crippen LogP contribution in [-0.2, 0) is 14.3 Å². The average molecular weight is 482 g/mol. The second-order valence-corrected chi connectivity index (χ2v) is 10.3. The molecule has 3 N–H and O–H groups in total. The third-order valence-electron chi connectivity index (χ3n) is 6.21. The van der Waals surface area contributed by atoms with E-state index in [9.17, 15) is 19.5 Å². The number of aliphatic carboxylic acids is 1. The highest BCUT2D eigenvalue weighted by molar-refractivity contribution is 5.90. The van der Waals surface area contributed by atoms with Crippen molar-refractivity contribution in [1.82, 2.24) is 15.5 Å². The molecule has 8 heteroatoms. The summed E-state index contributed by atoms with van der Waals surface area (Å²) in [4.78, 5) is 39.3. The van der Waals surface area contributed by atoms with E-state index in [1.807, 2.05) is 55.4 Å². The minimum Gasteiger partial charge on any atom is -0.480 e. The van der Waals surface area contributed by atoms with Crippen molar-refractivity contribution in [3.63, 3.8) is 0 Å². The highest BCUT2D eigenvalue weighted by Gasteiger charge is 2.36. The first kappa shape index (κ1) is 26.2. The maximum atomic E-state index is 13.0. The van der Waals surface area contributed by atoms with E-state index in [1.165, 1.54) is 0 Å². The molecule has 0 bridgehead atoms. The smallest absolute Gasteiger partial charge is 0.407 e. The number of carboxylic acids is 1. The molecule has 1 unspecified atom stereocenters. The number of amides is 2. The lowest BCUT2D eigenvalue weighted by Crippen LogP contribution is -2.57. The molecule has 0 aliphatic heterocycles. The lowest BCUT2D eigenvalue weighted by Gasteiger charge is -2.31. The molecule has 2 amide bonds. The molecule has 0 heterocycles. The maximum Gasteiger partial charge on any atom is 0.407 e. The van der Waals surface area contributed by atoms with E-state index in [0.29, 0.717) is 6.54 Å². The van der Waals surface area contributed by atoms with Gasteiger partial charge < -0.3 is 25.4 Å². The van der Waals surface area contributed by atoms with Crippen molar-refractivity contribution in [2.24, 2.45) is 5.41 Å². The van der Waals surface area contributed by atoms with Crippen LogP contribution in [0.1, 0.15) is 44.2 Å². The molecule has 8 nitrogen and oxygen atoms in total. The van der Waals surface area contributed by atoms with Crippen LogP contribution >= 0.6 is 0 Å². The molecule has 0 aromatic heterocycles. The largest absolute Gasteiger partial charge is 0.480 e. The van der Waals surface area contributed by atoms with Crippen molar-refractivity contribution in [2.75, 3.05) is 27.2 Å². The Labute approximate surface area is 206 Å². The van der Waals surface area contributed by atoms with E-state index in [-0.39, 0.29) is 18.9 Å². The van der Waals surface area contributed by atoms with Gasteiger partial charge in [0, 0.05) is 12.5 Å². The van der Waals surface area contributed by atoms with Gasteiger partial charge in [-0.15, -0.1) is 0 Å². The molecular formula is C27H35N3O5. The third kappa shape index (κ3) is 6.39.